The Morgan fingerprint density at radius 1 is 1.25 bits per heavy atom. The molecule has 1 heterocycles. The molecule has 2 rings (SSSR count). The van der Waals surface area contributed by atoms with Gasteiger partial charge in [-0.05, 0) is 25.1 Å². The number of H-pyrrole nitrogens is 1. The average Bonchev–Trinajstić information content (AvgIpc) is 2.91. The number of nitrogens with one attached hydrogen (secondary N) is 3. The normalized spacial score (nSPS) is 11.1. The minimum Gasteiger partial charge on any atom is -0.356 e. The summed E-state index contributed by atoms with van der Waals surface area (Å²) >= 11 is 0. The maximum absolute atomic E-state index is 12.1. The molecule has 0 saturated heterocycles. The zero-order valence-electron chi connectivity index (χ0n) is 10.7. The van der Waals surface area contributed by atoms with Gasteiger partial charge in [-0.2, -0.15) is 0 Å². The van der Waals surface area contributed by atoms with Gasteiger partial charge in [-0.1, -0.05) is 17.7 Å². The number of hydrogen-bond acceptors (Lipinski definition) is 4. The summed E-state index contributed by atoms with van der Waals surface area (Å²) in [6, 6.07) is 8.11. The number of nitrogens with two attached hydrogens (primary N) is 1. The third-order valence-corrected chi connectivity index (χ3v) is 4.01. The molecule has 0 radical (unpaired) electrons. The second-order valence-corrected chi connectivity index (χ2v) is 5.88. The molecule has 20 heavy (non-hydrogen) atoms. The first-order valence-corrected chi connectivity index (χ1v) is 7.19. The molecule has 1 amide bonds. The van der Waals surface area contributed by atoms with E-state index in [4.69, 9.17) is 5.84 Å². The van der Waals surface area contributed by atoms with Crippen LogP contribution in [0.25, 0.3) is 0 Å². The van der Waals surface area contributed by atoms with Crippen LogP contribution in [0.15, 0.2) is 41.4 Å². The van der Waals surface area contributed by atoms with Crippen molar-refractivity contribution in [3.05, 3.63) is 47.8 Å². The zero-order valence-corrected chi connectivity index (χ0v) is 11.5. The number of carbonyl (C=O) groups excluding carboxylic acids is 1. The van der Waals surface area contributed by atoms with Crippen LogP contribution in [-0.4, -0.2) is 19.3 Å². The maximum atomic E-state index is 12.1. The Balaban J connectivity index is 2.24. The van der Waals surface area contributed by atoms with Crippen LogP contribution in [0, 0.1) is 6.92 Å². The van der Waals surface area contributed by atoms with Crippen molar-refractivity contribution in [1.29, 1.82) is 0 Å². The molecule has 0 saturated carbocycles. The lowest BCUT2D eigenvalue weighted by atomic mass is 10.2. The number of carbonyl (C=O) groups is 1. The van der Waals surface area contributed by atoms with Crippen molar-refractivity contribution in [2.75, 3.05) is 4.72 Å². The van der Waals surface area contributed by atoms with Crippen LogP contribution in [0.4, 0.5) is 5.69 Å². The molecule has 7 nitrogen and oxygen atoms in total. The number of amides is 1. The minimum absolute atomic E-state index is 0.0447. The van der Waals surface area contributed by atoms with Crippen LogP contribution < -0.4 is 16.0 Å². The number of rotatable bonds is 4. The summed E-state index contributed by atoms with van der Waals surface area (Å²) in [6.07, 6.45) is 1.22. The predicted molar refractivity (Wildman–Crippen MR) is 74.4 cm³/mol. The molecule has 0 fully saturated rings. The average molecular weight is 294 g/mol. The van der Waals surface area contributed by atoms with E-state index in [2.05, 4.69) is 9.71 Å². The fraction of sp³-hybridized carbons (Fsp3) is 0.0833. The van der Waals surface area contributed by atoms with Gasteiger partial charge in [0.05, 0.1) is 0 Å². The fourth-order valence-corrected chi connectivity index (χ4v) is 2.63. The molecule has 106 valence electrons. The molecule has 0 bridgehead atoms. The molecular formula is C12H14N4O3S. The SMILES string of the molecule is Cc1ccc(NS(=O)(=O)c2c[nH]c(C(=O)NN)c2)cc1. The maximum Gasteiger partial charge on any atom is 0.281 e. The lowest BCUT2D eigenvalue weighted by Gasteiger charge is -2.06. The standard InChI is InChI=1S/C12H14N4O3S/c1-8-2-4-9(5-3-8)16-20(18,19)10-6-11(14-7-10)12(17)15-13/h2-7,14,16H,13H2,1H3,(H,15,17). The quantitative estimate of drug-likeness (QED) is 0.378. The highest BCUT2D eigenvalue weighted by atomic mass is 32.2. The van der Waals surface area contributed by atoms with Crippen molar-refractivity contribution < 1.29 is 13.2 Å². The molecule has 0 aliphatic heterocycles. The predicted octanol–water partition coefficient (Wildman–Crippen LogP) is 0.727. The summed E-state index contributed by atoms with van der Waals surface area (Å²) < 4.78 is 26.7. The van der Waals surface area contributed by atoms with Gasteiger partial charge in [-0.15, -0.1) is 0 Å². The molecule has 2 aromatic rings. The van der Waals surface area contributed by atoms with Gasteiger partial charge >= 0.3 is 0 Å². The van der Waals surface area contributed by atoms with Crippen molar-refractivity contribution in [3.8, 4) is 0 Å². The first-order valence-electron chi connectivity index (χ1n) is 5.71. The molecule has 1 aromatic carbocycles. The van der Waals surface area contributed by atoms with Crippen molar-refractivity contribution in [2.45, 2.75) is 11.8 Å². The third kappa shape index (κ3) is 2.98. The summed E-state index contributed by atoms with van der Waals surface area (Å²) in [5, 5.41) is 0. The minimum atomic E-state index is -3.75. The van der Waals surface area contributed by atoms with E-state index < -0.39 is 15.9 Å². The number of hydrazine groups is 1. The molecule has 0 unspecified atom stereocenters. The molecule has 0 aliphatic rings. The van der Waals surface area contributed by atoms with Crippen LogP contribution >= 0.6 is 0 Å². The van der Waals surface area contributed by atoms with Crippen LogP contribution in [-0.2, 0) is 10.0 Å². The monoisotopic (exact) mass is 294 g/mol. The molecule has 8 heteroatoms. The van der Waals surface area contributed by atoms with E-state index in [0.29, 0.717) is 5.69 Å². The Morgan fingerprint density at radius 2 is 1.90 bits per heavy atom. The summed E-state index contributed by atoms with van der Waals surface area (Å²) in [5.74, 6) is 4.38. The number of aromatic nitrogens is 1. The van der Waals surface area contributed by atoms with Gasteiger partial charge in [0.15, 0.2) is 0 Å². The third-order valence-electron chi connectivity index (χ3n) is 2.65. The molecular weight excluding hydrogens is 280 g/mol. The second kappa shape index (κ2) is 5.35. The molecule has 5 N–H and O–H groups in total. The highest BCUT2D eigenvalue weighted by Crippen LogP contribution is 2.17. The first kappa shape index (κ1) is 14.1. The number of sulfonamides is 1. The Hall–Kier alpha value is -2.32. The van der Waals surface area contributed by atoms with E-state index in [9.17, 15) is 13.2 Å². The number of nitrogen functional groups attached to an aromatic ring is 1. The van der Waals surface area contributed by atoms with Crippen LogP contribution in [0.3, 0.4) is 0 Å². The largest absolute Gasteiger partial charge is 0.356 e. The highest BCUT2D eigenvalue weighted by molar-refractivity contribution is 7.92. The number of benzene rings is 1. The van der Waals surface area contributed by atoms with Gasteiger partial charge in [0, 0.05) is 11.9 Å². The van der Waals surface area contributed by atoms with Gasteiger partial charge in [0.25, 0.3) is 15.9 Å². The van der Waals surface area contributed by atoms with E-state index in [1.165, 1.54) is 12.3 Å². The molecule has 1 aromatic heterocycles. The molecule has 0 aliphatic carbocycles. The summed E-state index contributed by atoms with van der Waals surface area (Å²) in [5.41, 5.74) is 3.45. The first-order chi connectivity index (χ1) is 9.42. The summed E-state index contributed by atoms with van der Waals surface area (Å²) in [4.78, 5) is 13.8. The van der Waals surface area contributed by atoms with Crippen LogP contribution in [0.1, 0.15) is 16.1 Å². The van der Waals surface area contributed by atoms with E-state index in [1.54, 1.807) is 24.3 Å². The highest BCUT2D eigenvalue weighted by Gasteiger charge is 2.18. The van der Waals surface area contributed by atoms with Crippen LogP contribution in [0.2, 0.25) is 0 Å². The van der Waals surface area contributed by atoms with Gasteiger partial charge in [-0.25, -0.2) is 14.3 Å². The van der Waals surface area contributed by atoms with E-state index >= 15 is 0 Å². The van der Waals surface area contributed by atoms with Gasteiger partial charge in [-0.3, -0.25) is 14.9 Å². The van der Waals surface area contributed by atoms with Crippen molar-refractivity contribution in [1.82, 2.24) is 10.4 Å². The smallest absolute Gasteiger partial charge is 0.281 e. The van der Waals surface area contributed by atoms with Gasteiger partial charge < -0.3 is 4.98 Å². The van der Waals surface area contributed by atoms with Crippen molar-refractivity contribution >= 4 is 21.6 Å². The number of hydrogen-bond donors (Lipinski definition) is 4. The number of aromatic amines is 1. The van der Waals surface area contributed by atoms with Gasteiger partial charge in [0.2, 0.25) is 0 Å². The Bertz CT molecular complexity index is 719. The lowest BCUT2D eigenvalue weighted by Crippen LogP contribution is -2.30. The number of anilines is 1. The van der Waals surface area contributed by atoms with E-state index in [-0.39, 0.29) is 10.6 Å². The fourth-order valence-electron chi connectivity index (χ4n) is 1.57. The Labute approximate surface area is 116 Å². The van der Waals surface area contributed by atoms with E-state index in [0.717, 1.165) is 5.56 Å². The van der Waals surface area contributed by atoms with Crippen molar-refractivity contribution in [2.24, 2.45) is 5.84 Å². The summed E-state index contributed by atoms with van der Waals surface area (Å²) in [7, 11) is -3.75. The molecule has 0 spiro atoms. The zero-order chi connectivity index (χ0) is 14.8. The Morgan fingerprint density at radius 3 is 2.50 bits per heavy atom. The van der Waals surface area contributed by atoms with E-state index in [1.807, 2.05) is 12.3 Å². The van der Waals surface area contributed by atoms with Crippen LogP contribution in [0.5, 0.6) is 0 Å². The van der Waals surface area contributed by atoms with Crippen molar-refractivity contribution in [3.63, 3.8) is 0 Å². The molecule has 0 atom stereocenters. The summed E-state index contributed by atoms with van der Waals surface area (Å²) in [6.45, 7) is 1.90. The topological polar surface area (TPSA) is 117 Å². The lowest BCUT2D eigenvalue weighted by molar-refractivity contribution is 0.0949. The Kier molecular flexibility index (Phi) is 3.77. The second-order valence-electron chi connectivity index (χ2n) is 4.19. The van der Waals surface area contributed by atoms with Gasteiger partial charge in [0.1, 0.15) is 10.6 Å². The number of aryl methyl sites for hydroxylation is 1.